The fourth-order valence-electron chi connectivity index (χ4n) is 2.57. The van der Waals surface area contributed by atoms with Crippen molar-refractivity contribution in [3.8, 4) is 0 Å². The van der Waals surface area contributed by atoms with Crippen molar-refractivity contribution in [3.05, 3.63) is 34.4 Å². The number of halogens is 2. The van der Waals surface area contributed by atoms with Crippen LogP contribution in [0.5, 0.6) is 0 Å². The summed E-state index contributed by atoms with van der Waals surface area (Å²) in [5, 5.41) is 6.64. The number of unbranched alkanes of at least 4 members (excludes halogenated alkanes) is 1. The average Bonchev–Trinajstić information content (AvgIpc) is 2.50. The summed E-state index contributed by atoms with van der Waals surface area (Å²) < 4.78 is 0. The van der Waals surface area contributed by atoms with Crippen LogP contribution in [0.2, 0.25) is 10.0 Å². The molecule has 0 bridgehead atoms. The highest BCUT2D eigenvalue weighted by molar-refractivity contribution is 6.39. The van der Waals surface area contributed by atoms with E-state index >= 15 is 0 Å². The molecule has 22 heavy (non-hydrogen) atoms. The van der Waals surface area contributed by atoms with Crippen molar-refractivity contribution in [2.75, 3.05) is 31.5 Å². The Kier molecular flexibility index (Phi) is 6.74. The van der Waals surface area contributed by atoms with E-state index in [-0.39, 0.29) is 0 Å². The Morgan fingerprint density at radius 3 is 2.64 bits per heavy atom. The van der Waals surface area contributed by atoms with Crippen molar-refractivity contribution in [1.82, 2.24) is 9.88 Å². The molecule has 0 saturated carbocycles. The van der Waals surface area contributed by atoms with Crippen LogP contribution in [-0.2, 0) is 0 Å². The van der Waals surface area contributed by atoms with Gasteiger partial charge in [-0.15, -0.1) is 0 Å². The topological polar surface area (TPSA) is 28.2 Å². The molecule has 1 N–H and O–H groups in total. The Morgan fingerprint density at radius 2 is 1.91 bits per heavy atom. The van der Waals surface area contributed by atoms with E-state index in [1.54, 1.807) is 12.3 Å². The summed E-state index contributed by atoms with van der Waals surface area (Å²) in [7, 11) is 0. The minimum absolute atomic E-state index is 0.640. The van der Waals surface area contributed by atoms with Gasteiger partial charge in [0.2, 0.25) is 0 Å². The molecule has 3 nitrogen and oxygen atoms in total. The van der Waals surface area contributed by atoms with E-state index in [0.717, 1.165) is 49.2 Å². The van der Waals surface area contributed by atoms with E-state index < -0.39 is 0 Å². The van der Waals surface area contributed by atoms with Gasteiger partial charge in [-0.2, -0.15) is 0 Å². The third-order valence-corrected chi connectivity index (χ3v) is 4.38. The lowest BCUT2D eigenvalue weighted by Crippen LogP contribution is -2.24. The van der Waals surface area contributed by atoms with Crippen molar-refractivity contribution in [1.29, 1.82) is 0 Å². The number of nitrogens with zero attached hydrogens (tertiary/aromatic N) is 2. The van der Waals surface area contributed by atoms with Crippen LogP contribution in [0.1, 0.15) is 26.7 Å². The quantitative estimate of drug-likeness (QED) is 0.680. The maximum absolute atomic E-state index is 6.32. The molecule has 0 aliphatic heterocycles. The first kappa shape index (κ1) is 17.3. The third-order valence-electron chi connectivity index (χ3n) is 3.87. The molecule has 0 fully saturated rings. The molecule has 0 radical (unpaired) electrons. The van der Waals surface area contributed by atoms with Crippen LogP contribution in [0.25, 0.3) is 10.8 Å². The summed E-state index contributed by atoms with van der Waals surface area (Å²) in [4.78, 5) is 6.85. The molecule has 0 amide bonds. The number of fused-ring (bicyclic) bond motifs is 1. The van der Waals surface area contributed by atoms with Gasteiger partial charge in [0.15, 0.2) is 0 Å². The summed E-state index contributed by atoms with van der Waals surface area (Å²) in [6.45, 7) is 8.68. The molecule has 120 valence electrons. The van der Waals surface area contributed by atoms with E-state index in [0.29, 0.717) is 10.0 Å². The van der Waals surface area contributed by atoms with Crippen molar-refractivity contribution < 1.29 is 0 Å². The van der Waals surface area contributed by atoms with Gasteiger partial charge in [0, 0.05) is 23.2 Å². The van der Waals surface area contributed by atoms with Gasteiger partial charge >= 0.3 is 0 Å². The lowest BCUT2D eigenvalue weighted by Gasteiger charge is -2.17. The molecular weight excluding hydrogens is 317 g/mol. The smallest absolute Gasteiger partial charge is 0.135 e. The molecule has 2 rings (SSSR count). The molecule has 1 heterocycles. The Bertz CT molecular complexity index is 612. The summed E-state index contributed by atoms with van der Waals surface area (Å²) in [6, 6.07) is 5.60. The fourth-order valence-corrected chi connectivity index (χ4v) is 3.17. The predicted molar refractivity (Wildman–Crippen MR) is 97.3 cm³/mol. The molecule has 0 aliphatic carbocycles. The van der Waals surface area contributed by atoms with Gasteiger partial charge < -0.3 is 10.2 Å². The van der Waals surface area contributed by atoms with Crippen LogP contribution in [0, 0.1) is 0 Å². The maximum Gasteiger partial charge on any atom is 0.135 e. The summed E-state index contributed by atoms with van der Waals surface area (Å²) in [6.07, 6.45) is 4.08. The largest absolute Gasteiger partial charge is 0.370 e. The Balaban J connectivity index is 1.95. The number of hydrogen-bond donors (Lipinski definition) is 1. The highest BCUT2D eigenvalue weighted by Gasteiger charge is 2.07. The molecule has 1 aromatic carbocycles. The fraction of sp³-hybridized carbons (Fsp3) is 0.471. The Morgan fingerprint density at radius 1 is 1.14 bits per heavy atom. The number of hydrogen-bond acceptors (Lipinski definition) is 3. The van der Waals surface area contributed by atoms with E-state index in [9.17, 15) is 0 Å². The lowest BCUT2D eigenvalue weighted by molar-refractivity contribution is 0.298. The number of rotatable bonds is 8. The van der Waals surface area contributed by atoms with Gasteiger partial charge in [0.05, 0.1) is 5.02 Å². The molecule has 0 unspecified atom stereocenters. The van der Waals surface area contributed by atoms with Crippen LogP contribution in [0.3, 0.4) is 0 Å². The van der Waals surface area contributed by atoms with Crippen molar-refractivity contribution in [2.24, 2.45) is 0 Å². The minimum Gasteiger partial charge on any atom is -0.370 e. The van der Waals surface area contributed by atoms with Crippen LogP contribution in [0.15, 0.2) is 24.4 Å². The first-order chi connectivity index (χ1) is 10.7. The Labute approximate surface area is 142 Å². The van der Waals surface area contributed by atoms with E-state index in [2.05, 4.69) is 29.0 Å². The summed E-state index contributed by atoms with van der Waals surface area (Å²) in [5.41, 5.74) is 0. The zero-order chi connectivity index (χ0) is 15.9. The Hall–Kier alpha value is -1.03. The van der Waals surface area contributed by atoms with Crippen LogP contribution < -0.4 is 5.32 Å². The molecule has 5 heteroatoms. The van der Waals surface area contributed by atoms with E-state index in [1.165, 1.54) is 6.42 Å². The van der Waals surface area contributed by atoms with Gasteiger partial charge in [-0.25, -0.2) is 4.98 Å². The van der Waals surface area contributed by atoms with Gasteiger partial charge in [-0.3, -0.25) is 0 Å². The second-order valence-corrected chi connectivity index (χ2v) is 6.15. The molecule has 0 spiro atoms. The van der Waals surface area contributed by atoms with Gasteiger partial charge in [-0.05, 0) is 56.1 Å². The number of benzene rings is 1. The van der Waals surface area contributed by atoms with Crippen LogP contribution in [-0.4, -0.2) is 36.1 Å². The number of anilines is 1. The first-order valence-electron chi connectivity index (χ1n) is 7.85. The van der Waals surface area contributed by atoms with Crippen LogP contribution in [0.4, 0.5) is 5.82 Å². The van der Waals surface area contributed by atoms with Gasteiger partial charge in [-0.1, -0.05) is 37.0 Å². The third kappa shape index (κ3) is 4.48. The molecular formula is C17H23Cl2N3. The number of pyridine rings is 1. The zero-order valence-corrected chi connectivity index (χ0v) is 14.7. The minimum atomic E-state index is 0.640. The maximum atomic E-state index is 6.32. The predicted octanol–water partition coefficient (Wildman–Crippen LogP) is 5.08. The lowest BCUT2D eigenvalue weighted by atomic mass is 10.1. The highest BCUT2D eigenvalue weighted by atomic mass is 35.5. The normalized spacial score (nSPS) is 11.3. The molecule has 1 aromatic heterocycles. The molecule has 0 saturated heterocycles. The van der Waals surface area contributed by atoms with Gasteiger partial charge in [0.1, 0.15) is 5.82 Å². The zero-order valence-electron chi connectivity index (χ0n) is 13.2. The molecule has 0 aliphatic rings. The standard InChI is InChI=1S/C17H23Cl2N3/c1-3-22(4-2)10-6-5-8-20-17-16-13(7-9-21-17)11-14(18)12-15(16)19/h7,9,11-12H,3-6,8,10H2,1-2H3,(H,20,21). The van der Waals surface area contributed by atoms with Crippen molar-refractivity contribution in [3.63, 3.8) is 0 Å². The van der Waals surface area contributed by atoms with Gasteiger partial charge in [0.25, 0.3) is 0 Å². The summed E-state index contributed by atoms with van der Waals surface area (Å²) in [5.74, 6) is 0.835. The SMILES string of the molecule is CCN(CC)CCCCNc1nccc2cc(Cl)cc(Cl)c12. The van der Waals surface area contributed by atoms with Crippen LogP contribution >= 0.6 is 23.2 Å². The summed E-state index contributed by atoms with van der Waals surface area (Å²) >= 11 is 12.4. The van der Waals surface area contributed by atoms with Crippen molar-refractivity contribution >= 4 is 39.8 Å². The van der Waals surface area contributed by atoms with E-state index in [1.807, 2.05) is 12.1 Å². The second kappa shape index (κ2) is 8.56. The first-order valence-corrected chi connectivity index (χ1v) is 8.61. The average molecular weight is 340 g/mol. The number of nitrogens with one attached hydrogen (secondary N) is 1. The highest BCUT2D eigenvalue weighted by Crippen LogP contribution is 2.31. The molecule has 2 aromatic rings. The van der Waals surface area contributed by atoms with E-state index in [4.69, 9.17) is 23.2 Å². The monoisotopic (exact) mass is 339 g/mol. The second-order valence-electron chi connectivity index (χ2n) is 5.31. The van der Waals surface area contributed by atoms with Crippen molar-refractivity contribution in [2.45, 2.75) is 26.7 Å². The number of aromatic nitrogens is 1. The molecule has 0 atom stereocenters.